The van der Waals surface area contributed by atoms with Crippen LogP contribution < -0.4 is 5.32 Å². The lowest BCUT2D eigenvalue weighted by Crippen LogP contribution is -2.43. The van der Waals surface area contributed by atoms with Crippen LogP contribution in [0.5, 0.6) is 0 Å². The zero-order valence-corrected chi connectivity index (χ0v) is 17.1. The highest BCUT2D eigenvalue weighted by Crippen LogP contribution is 2.32. The highest BCUT2D eigenvalue weighted by molar-refractivity contribution is 8.04. The van der Waals surface area contributed by atoms with Gasteiger partial charge in [-0.3, -0.25) is 14.5 Å². The quantitative estimate of drug-likeness (QED) is 0.412. The van der Waals surface area contributed by atoms with Gasteiger partial charge in [-0.2, -0.15) is 0 Å². The zero-order chi connectivity index (χ0) is 22.1. The molecule has 2 heterocycles. The summed E-state index contributed by atoms with van der Waals surface area (Å²) in [6, 6.07) is 1.86. The molecule has 2 aliphatic heterocycles. The lowest BCUT2D eigenvalue weighted by Gasteiger charge is -2.24. The van der Waals surface area contributed by atoms with Gasteiger partial charge >= 0.3 is 12.0 Å². The Balaban J connectivity index is 1.76. The van der Waals surface area contributed by atoms with Crippen molar-refractivity contribution in [3.05, 3.63) is 46.5 Å². The molecule has 1 N–H and O–H groups in total. The van der Waals surface area contributed by atoms with E-state index >= 15 is 0 Å². The van der Waals surface area contributed by atoms with Crippen LogP contribution in [-0.2, 0) is 24.7 Å². The van der Waals surface area contributed by atoms with Crippen LogP contribution in [0.3, 0.4) is 0 Å². The maximum Gasteiger partial charge on any atom is 0.333 e. The molecule has 0 saturated carbocycles. The lowest BCUT2D eigenvalue weighted by atomic mass is 9.91. The third-order valence-corrected chi connectivity index (χ3v) is 5.75. The van der Waals surface area contributed by atoms with E-state index in [1.807, 2.05) is 0 Å². The van der Waals surface area contributed by atoms with Crippen LogP contribution in [0.1, 0.15) is 19.4 Å². The number of halogens is 2. The third-order valence-electron chi connectivity index (χ3n) is 4.73. The largest absolute Gasteiger partial charge is 0.463 e. The number of hydrogen-bond donors (Lipinski definition) is 1. The van der Waals surface area contributed by atoms with Crippen LogP contribution in [0.25, 0.3) is 0 Å². The fraction of sp³-hybridized carbons (Fsp3) is 0.368. The van der Waals surface area contributed by atoms with Crippen LogP contribution in [0.2, 0.25) is 0 Å². The van der Waals surface area contributed by atoms with E-state index in [0.717, 1.165) is 34.9 Å². The minimum atomic E-state index is -1.78. The molecule has 3 rings (SSSR count). The average molecular weight is 439 g/mol. The van der Waals surface area contributed by atoms with Gasteiger partial charge in [0.15, 0.2) is 0 Å². The number of nitrogens with one attached hydrogen (secondary N) is 1. The van der Waals surface area contributed by atoms with Crippen molar-refractivity contribution in [3.8, 4) is 0 Å². The van der Waals surface area contributed by atoms with E-state index < -0.39 is 35.1 Å². The molecule has 8 nitrogen and oxygen atoms in total. The molecule has 160 valence electrons. The van der Waals surface area contributed by atoms with Crippen molar-refractivity contribution in [1.82, 2.24) is 15.1 Å². The summed E-state index contributed by atoms with van der Waals surface area (Å²) in [5.74, 6) is -3.14. The van der Waals surface area contributed by atoms with Crippen molar-refractivity contribution < 1.29 is 32.7 Å². The second kappa shape index (κ2) is 8.42. The molecule has 2 fully saturated rings. The van der Waals surface area contributed by atoms with Crippen LogP contribution in [0, 0.1) is 11.6 Å². The number of thioether (sulfide) groups is 1. The Hall–Kier alpha value is -2.95. The summed E-state index contributed by atoms with van der Waals surface area (Å²) in [7, 11) is 0. The number of carbonyl (C=O) groups is 4. The van der Waals surface area contributed by atoms with E-state index in [2.05, 4.69) is 5.32 Å². The van der Waals surface area contributed by atoms with E-state index in [1.165, 1.54) is 17.9 Å². The van der Waals surface area contributed by atoms with Gasteiger partial charge in [0.05, 0.1) is 23.5 Å². The van der Waals surface area contributed by atoms with Crippen molar-refractivity contribution in [2.45, 2.75) is 19.4 Å². The number of amides is 4. The summed E-state index contributed by atoms with van der Waals surface area (Å²) in [6.07, 6.45) is 1.18. The van der Waals surface area contributed by atoms with E-state index in [0.29, 0.717) is 5.03 Å². The molecule has 1 unspecified atom stereocenters. The predicted molar refractivity (Wildman–Crippen MR) is 103 cm³/mol. The minimum absolute atomic E-state index is 0.0576. The summed E-state index contributed by atoms with van der Waals surface area (Å²) < 4.78 is 32.6. The molecule has 0 bridgehead atoms. The predicted octanol–water partition coefficient (Wildman–Crippen LogP) is 1.71. The number of ether oxygens (including phenoxy) is 1. The summed E-state index contributed by atoms with van der Waals surface area (Å²) in [5.41, 5.74) is -2.07. The van der Waals surface area contributed by atoms with E-state index in [9.17, 15) is 28.0 Å². The highest BCUT2D eigenvalue weighted by Gasteiger charge is 2.50. The van der Waals surface area contributed by atoms with Crippen LogP contribution in [-0.4, -0.2) is 59.1 Å². The zero-order valence-electron chi connectivity index (χ0n) is 16.2. The van der Waals surface area contributed by atoms with Gasteiger partial charge in [-0.1, -0.05) is 11.8 Å². The molecule has 0 aromatic heterocycles. The van der Waals surface area contributed by atoms with Gasteiger partial charge in [0.25, 0.3) is 5.91 Å². The van der Waals surface area contributed by atoms with Crippen LogP contribution in [0.4, 0.5) is 13.6 Å². The molecule has 4 amide bonds. The van der Waals surface area contributed by atoms with Crippen LogP contribution >= 0.6 is 11.8 Å². The smallest absolute Gasteiger partial charge is 0.333 e. The second-order valence-electron chi connectivity index (χ2n) is 6.70. The summed E-state index contributed by atoms with van der Waals surface area (Å²) in [5, 5.41) is 2.75. The fourth-order valence-electron chi connectivity index (χ4n) is 3.22. The second-order valence-corrected chi connectivity index (χ2v) is 7.70. The molecular formula is C19H19F2N3O5S. The van der Waals surface area contributed by atoms with Crippen molar-refractivity contribution in [2.24, 2.45) is 0 Å². The van der Waals surface area contributed by atoms with Gasteiger partial charge in [-0.15, -0.1) is 0 Å². The average Bonchev–Trinajstić information content (AvgIpc) is 3.13. The molecular weight excluding hydrogens is 420 g/mol. The van der Waals surface area contributed by atoms with Crippen molar-refractivity contribution in [3.63, 3.8) is 0 Å². The summed E-state index contributed by atoms with van der Waals surface area (Å²) in [4.78, 5) is 51.2. The monoisotopic (exact) mass is 439 g/mol. The topological polar surface area (TPSA) is 96.0 Å². The summed E-state index contributed by atoms with van der Waals surface area (Å²) >= 11 is 1.14. The molecule has 0 radical (unpaired) electrons. The van der Waals surface area contributed by atoms with E-state index in [1.54, 1.807) is 6.92 Å². The molecule has 2 saturated heterocycles. The molecule has 30 heavy (non-hydrogen) atoms. The Labute approximate surface area is 175 Å². The lowest BCUT2D eigenvalue weighted by molar-refractivity contribution is -0.137. The van der Waals surface area contributed by atoms with Gasteiger partial charge in [0.1, 0.15) is 17.2 Å². The molecule has 1 aromatic rings. The Morgan fingerprint density at radius 3 is 2.67 bits per heavy atom. The number of hydrogen-bond acceptors (Lipinski definition) is 6. The van der Waals surface area contributed by atoms with E-state index in [4.69, 9.17) is 4.74 Å². The van der Waals surface area contributed by atoms with Crippen molar-refractivity contribution in [2.75, 3.05) is 25.4 Å². The number of imide groups is 1. The molecule has 1 aromatic carbocycles. The highest BCUT2D eigenvalue weighted by atomic mass is 32.2. The maximum absolute atomic E-state index is 14.2. The number of benzene rings is 1. The van der Waals surface area contributed by atoms with Gasteiger partial charge in [-0.25, -0.2) is 18.4 Å². The Morgan fingerprint density at radius 2 is 1.97 bits per heavy atom. The van der Waals surface area contributed by atoms with E-state index in [-0.39, 0.29) is 36.9 Å². The van der Waals surface area contributed by atoms with Crippen molar-refractivity contribution in [1.29, 1.82) is 0 Å². The molecule has 2 aliphatic rings. The van der Waals surface area contributed by atoms with Gasteiger partial charge in [0, 0.05) is 18.7 Å². The Bertz CT molecular complexity index is 954. The van der Waals surface area contributed by atoms with Crippen LogP contribution in [0.15, 0.2) is 29.3 Å². The number of rotatable bonds is 6. The Morgan fingerprint density at radius 1 is 1.27 bits per heavy atom. The fourth-order valence-corrected chi connectivity index (χ4v) is 4.17. The van der Waals surface area contributed by atoms with Gasteiger partial charge in [-0.05, 0) is 32.0 Å². The normalized spacial score (nSPS) is 22.8. The maximum atomic E-state index is 14.2. The first-order valence-corrected chi connectivity index (χ1v) is 10.1. The first-order chi connectivity index (χ1) is 14.2. The number of esters is 1. The SMILES string of the molecule is CCOC(=O)/C=C1\SCC(=O)N1CCN1C(=O)NC(C)(c2cc(F)ccc2F)C1=O. The molecule has 1 atom stereocenters. The van der Waals surface area contributed by atoms with Crippen molar-refractivity contribution >= 4 is 35.6 Å². The number of carbonyl (C=O) groups excluding carboxylic acids is 4. The minimum Gasteiger partial charge on any atom is -0.463 e. The summed E-state index contributed by atoms with van der Waals surface area (Å²) in [6.45, 7) is 2.87. The first kappa shape index (κ1) is 21.8. The molecule has 0 aliphatic carbocycles. The molecule has 0 spiro atoms. The first-order valence-electron chi connectivity index (χ1n) is 9.08. The standard InChI is InChI=1S/C19H19F2N3O5S/c1-3-29-16(26)9-15-23(14(25)10-30-15)6-7-24-17(27)19(2,22-18(24)28)12-8-11(20)4-5-13(12)21/h4-5,8-9H,3,6-7,10H2,1-2H3,(H,22,28)/b15-9-. The molecule has 11 heteroatoms. The van der Waals surface area contributed by atoms with Gasteiger partial charge < -0.3 is 15.0 Å². The Kier molecular flexibility index (Phi) is 6.11. The third kappa shape index (κ3) is 4.02. The van der Waals surface area contributed by atoms with Gasteiger partial charge in [0.2, 0.25) is 5.91 Å². The number of urea groups is 1. The number of nitrogens with zero attached hydrogens (tertiary/aromatic N) is 2.